The van der Waals surface area contributed by atoms with Gasteiger partial charge in [0.05, 0.1) is 12.1 Å². The van der Waals surface area contributed by atoms with Gasteiger partial charge in [-0.2, -0.15) is 4.98 Å². The predicted molar refractivity (Wildman–Crippen MR) is 85.4 cm³/mol. The molecular weight excluding hydrogens is 330 g/mol. The van der Waals surface area contributed by atoms with Crippen LogP contribution in [0, 0.1) is 0 Å². The number of benzene rings is 1. The predicted octanol–water partition coefficient (Wildman–Crippen LogP) is 2.42. The SMILES string of the molecule is O=C(c1cccc(Cl)c1)N1CC(c2nc(-c3cnccn3)no2)C1. The molecule has 0 radical (unpaired) electrons. The smallest absolute Gasteiger partial charge is 0.253 e. The molecule has 0 aliphatic carbocycles. The maximum Gasteiger partial charge on any atom is 0.253 e. The molecule has 0 atom stereocenters. The van der Waals surface area contributed by atoms with Crippen molar-refractivity contribution in [3.63, 3.8) is 0 Å². The summed E-state index contributed by atoms with van der Waals surface area (Å²) in [6.07, 6.45) is 4.72. The topological polar surface area (TPSA) is 85.0 Å². The molecule has 3 heterocycles. The summed E-state index contributed by atoms with van der Waals surface area (Å²) < 4.78 is 5.29. The zero-order valence-corrected chi connectivity index (χ0v) is 13.2. The minimum Gasteiger partial charge on any atom is -0.338 e. The fourth-order valence-electron chi connectivity index (χ4n) is 2.52. The van der Waals surface area contributed by atoms with E-state index in [0.717, 1.165) is 0 Å². The minimum atomic E-state index is -0.0533. The third-order valence-electron chi connectivity index (χ3n) is 3.82. The lowest BCUT2D eigenvalue weighted by Gasteiger charge is -2.37. The first-order valence-corrected chi connectivity index (χ1v) is 7.73. The molecule has 1 aliphatic rings. The summed E-state index contributed by atoms with van der Waals surface area (Å²) in [5.74, 6) is 0.886. The van der Waals surface area contributed by atoms with Crippen LogP contribution in [0.15, 0.2) is 47.4 Å². The van der Waals surface area contributed by atoms with Gasteiger partial charge in [0.25, 0.3) is 5.91 Å². The highest BCUT2D eigenvalue weighted by Gasteiger charge is 2.36. The third-order valence-corrected chi connectivity index (χ3v) is 4.06. The first-order chi connectivity index (χ1) is 11.7. The Labute approximate surface area is 142 Å². The molecule has 3 aromatic rings. The monoisotopic (exact) mass is 341 g/mol. The van der Waals surface area contributed by atoms with Crippen LogP contribution in [0.1, 0.15) is 22.2 Å². The molecule has 1 fully saturated rings. The van der Waals surface area contributed by atoms with Crippen LogP contribution in [-0.2, 0) is 0 Å². The van der Waals surface area contributed by atoms with Crippen LogP contribution in [0.4, 0.5) is 0 Å². The van der Waals surface area contributed by atoms with Gasteiger partial charge in [-0.25, -0.2) is 4.98 Å². The molecule has 0 saturated carbocycles. The molecule has 1 amide bonds. The second-order valence-corrected chi connectivity index (χ2v) is 5.90. The quantitative estimate of drug-likeness (QED) is 0.727. The van der Waals surface area contributed by atoms with Crippen molar-refractivity contribution >= 4 is 17.5 Å². The second-order valence-electron chi connectivity index (χ2n) is 5.46. The molecular formula is C16H12ClN5O2. The van der Waals surface area contributed by atoms with Crippen LogP contribution in [0.2, 0.25) is 5.02 Å². The maximum absolute atomic E-state index is 12.4. The average molecular weight is 342 g/mol. The summed E-state index contributed by atoms with van der Waals surface area (Å²) in [6.45, 7) is 1.07. The molecule has 0 bridgehead atoms. The number of hydrogen-bond acceptors (Lipinski definition) is 6. The standard InChI is InChI=1S/C16H12ClN5O2/c17-12-3-1-2-10(6-12)16(23)22-8-11(9-22)15-20-14(21-24-15)13-7-18-4-5-19-13/h1-7,11H,8-9H2. The van der Waals surface area contributed by atoms with Crippen LogP contribution in [0.25, 0.3) is 11.5 Å². The molecule has 4 rings (SSSR count). The zero-order chi connectivity index (χ0) is 16.5. The van der Waals surface area contributed by atoms with E-state index in [1.807, 2.05) is 0 Å². The van der Waals surface area contributed by atoms with Gasteiger partial charge < -0.3 is 9.42 Å². The van der Waals surface area contributed by atoms with Crippen molar-refractivity contribution in [2.24, 2.45) is 0 Å². The highest BCUT2D eigenvalue weighted by molar-refractivity contribution is 6.30. The van der Waals surface area contributed by atoms with E-state index in [1.165, 1.54) is 0 Å². The number of hydrogen-bond donors (Lipinski definition) is 0. The van der Waals surface area contributed by atoms with Crippen molar-refractivity contribution < 1.29 is 9.32 Å². The Morgan fingerprint density at radius 2 is 2.17 bits per heavy atom. The van der Waals surface area contributed by atoms with Crippen LogP contribution >= 0.6 is 11.6 Å². The first kappa shape index (κ1) is 14.8. The molecule has 1 saturated heterocycles. The van der Waals surface area contributed by atoms with E-state index in [0.29, 0.717) is 41.1 Å². The summed E-state index contributed by atoms with van der Waals surface area (Å²) in [5, 5.41) is 4.46. The summed E-state index contributed by atoms with van der Waals surface area (Å²) in [7, 11) is 0. The summed E-state index contributed by atoms with van der Waals surface area (Å²) >= 11 is 5.93. The van der Waals surface area contributed by atoms with E-state index in [9.17, 15) is 4.79 Å². The van der Waals surface area contributed by atoms with Gasteiger partial charge in [0.1, 0.15) is 5.69 Å². The highest BCUT2D eigenvalue weighted by Crippen LogP contribution is 2.28. The van der Waals surface area contributed by atoms with Gasteiger partial charge in [0, 0.05) is 36.1 Å². The fraction of sp³-hybridized carbons (Fsp3) is 0.188. The molecule has 24 heavy (non-hydrogen) atoms. The zero-order valence-electron chi connectivity index (χ0n) is 12.5. The number of aromatic nitrogens is 4. The lowest BCUT2D eigenvalue weighted by molar-refractivity contribution is 0.0569. The van der Waals surface area contributed by atoms with Gasteiger partial charge in [-0.15, -0.1) is 0 Å². The van der Waals surface area contributed by atoms with E-state index >= 15 is 0 Å². The number of nitrogens with zero attached hydrogens (tertiary/aromatic N) is 5. The largest absolute Gasteiger partial charge is 0.338 e. The Hall–Kier alpha value is -2.80. The number of rotatable bonds is 3. The third kappa shape index (κ3) is 2.74. The van der Waals surface area contributed by atoms with E-state index in [-0.39, 0.29) is 11.8 Å². The Balaban J connectivity index is 1.43. The molecule has 8 heteroatoms. The van der Waals surface area contributed by atoms with Crippen molar-refractivity contribution in [3.05, 3.63) is 59.3 Å². The van der Waals surface area contributed by atoms with Crippen molar-refractivity contribution in [1.29, 1.82) is 0 Å². The molecule has 0 N–H and O–H groups in total. The van der Waals surface area contributed by atoms with Gasteiger partial charge in [0.2, 0.25) is 11.7 Å². The number of halogens is 1. The van der Waals surface area contributed by atoms with Crippen LogP contribution in [0.3, 0.4) is 0 Å². The van der Waals surface area contributed by atoms with E-state index in [2.05, 4.69) is 20.1 Å². The van der Waals surface area contributed by atoms with Crippen LogP contribution < -0.4 is 0 Å². The Morgan fingerprint density at radius 3 is 2.92 bits per heavy atom. The lowest BCUT2D eigenvalue weighted by atomic mass is 9.99. The van der Waals surface area contributed by atoms with Gasteiger partial charge in [0.15, 0.2) is 0 Å². The molecule has 120 valence electrons. The maximum atomic E-state index is 12.4. The Kier molecular flexibility index (Phi) is 3.70. The minimum absolute atomic E-state index is 0.0334. The second kappa shape index (κ2) is 6.01. The van der Waals surface area contributed by atoms with E-state index in [1.54, 1.807) is 47.8 Å². The Bertz CT molecular complexity index is 877. The van der Waals surface area contributed by atoms with Crippen molar-refractivity contribution in [2.45, 2.75) is 5.92 Å². The molecule has 1 aliphatic heterocycles. The molecule has 0 spiro atoms. The molecule has 0 unspecified atom stereocenters. The van der Waals surface area contributed by atoms with Crippen LogP contribution in [-0.4, -0.2) is 44.0 Å². The summed E-state index contributed by atoms with van der Waals surface area (Å²) in [4.78, 5) is 26.5. The Morgan fingerprint density at radius 1 is 1.29 bits per heavy atom. The van der Waals surface area contributed by atoms with Gasteiger partial charge in [-0.05, 0) is 18.2 Å². The first-order valence-electron chi connectivity index (χ1n) is 7.35. The normalized spacial score (nSPS) is 14.5. The van der Waals surface area contributed by atoms with Gasteiger partial charge in [-0.3, -0.25) is 9.78 Å². The van der Waals surface area contributed by atoms with Crippen molar-refractivity contribution in [2.75, 3.05) is 13.1 Å². The lowest BCUT2D eigenvalue weighted by Crippen LogP contribution is -2.48. The number of carbonyl (C=O) groups is 1. The van der Waals surface area contributed by atoms with Gasteiger partial charge >= 0.3 is 0 Å². The number of likely N-dealkylation sites (tertiary alicyclic amines) is 1. The number of amides is 1. The van der Waals surface area contributed by atoms with Crippen molar-refractivity contribution in [1.82, 2.24) is 25.0 Å². The molecule has 2 aromatic heterocycles. The number of carbonyl (C=O) groups excluding carboxylic acids is 1. The molecule has 1 aromatic carbocycles. The average Bonchev–Trinajstić information content (AvgIpc) is 3.04. The summed E-state index contributed by atoms with van der Waals surface area (Å²) in [6, 6.07) is 6.91. The molecule has 7 nitrogen and oxygen atoms in total. The van der Waals surface area contributed by atoms with E-state index in [4.69, 9.17) is 16.1 Å². The summed E-state index contributed by atoms with van der Waals surface area (Å²) in [5.41, 5.74) is 1.13. The fourth-order valence-corrected chi connectivity index (χ4v) is 2.71. The van der Waals surface area contributed by atoms with Crippen LogP contribution in [0.5, 0.6) is 0 Å². The van der Waals surface area contributed by atoms with Gasteiger partial charge in [-0.1, -0.05) is 22.8 Å². The highest BCUT2D eigenvalue weighted by atomic mass is 35.5. The van der Waals surface area contributed by atoms with Crippen molar-refractivity contribution in [3.8, 4) is 11.5 Å². The van der Waals surface area contributed by atoms with E-state index < -0.39 is 0 Å².